The van der Waals surface area contributed by atoms with E-state index < -0.39 is 5.54 Å². The number of benzene rings is 1. The van der Waals surface area contributed by atoms with E-state index in [0.29, 0.717) is 16.3 Å². The van der Waals surface area contributed by atoms with Gasteiger partial charge in [-0.3, -0.25) is 9.36 Å². The molecule has 3 aromatic rings. The van der Waals surface area contributed by atoms with Gasteiger partial charge < -0.3 is 0 Å². The lowest BCUT2D eigenvalue weighted by Gasteiger charge is -2.44. The van der Waals surface area contributed by atoms with Gasteiger partial charge in [0.15, 0.2) is 10.8 Å². The van der Waals surface area contributed by atoms with Gasteiger partial charge in [0.05, 0.1) is 5.54 Å². The number of hydrogen-bond acceptors (Lipinski definition) is 3. The molecule has 4 rings (SSSR count). The molecule has 0 radical (unpaired) electrons. The van der Waals surface area contributed by atoms with Gasteiger partial charge in [0, 0.05) is 0 Å². The van der Waals surface area contributed by atoms with Crippen LogP contribution in [0.3, 0.4) is 0 Å². The van der Waals surface area contributed by atoms with E-state index in [1.165, 1.54) is 0 Å². The molecule has 4 nitrogen and oxygen atoms in total. The highest BCUT2D eigenvalue weighted by Crippen LogP contribution is 2.45. The van der Waals surface area contributed by atoms with Crippen LogP contribution in [0.15, 0.2) is 47.3 Å². The van der Waals surface area contributed by atoms with E-state index in [9.17, 15) is 4.79 Å². The first-order valence-corrected chi connectivity index (χ1v) is 8.18. The zero-order valence-corrected chi connectivity index (χ0v) is 13.7. The molecule has 0 bridgehead atoms. The topological polar surface area (TPSA) is 47.8 Å². The van der Waals surface area contributed by atoms with E-state index in [2.05, 4.69) is 9.97 Å². The van der Waals surface area contributed by atoms with Crippen molar-refractivity contribution >= 4 is 34.4 Å². The molecule has 0 saturated heterocycles. The van der Waals surface area contributed by atoms with Crippen LogP contribution in [0.1, 0.15) is 24.8 Å². The molecule has 0 atom stereocenters. The summed E-state index contributed by atoms with van der Waals surface area (Å²) in [6.45, 7) is 0. The molecule has 0 aliphatic heterocycles. The van der Waals surface area contributed by atoms with Crippen molar-refractivity contribution in [2.45, 2.75) is 24.8 Å². The highest BCUT2D eigenvalue weighted by atomic mass is 35.5. The van der Waals surface area contributed by atoms with E-state index in [0.717, 1.165) is 24.8 Å². The minimum absolute atomic E-state index is 0.0381. The van der Waals surface area contributed by atoms with Crippen LogP contribution >= 0.6 is 23.2 Å². The Morgan fingerprint density at radius 1 is 1.00 bits per heavy atom. The van der Waals surface area contributed by atoms with Crippen molar-refractivity contribution < 1.29 is 0 Å². The Morgan fingerprint density at radius 3 is 2.39 bits per heavy atom. The lowest BCUT2D eigenvalue weighted by molar-refractivity contribution is 0.197. The van der Waals surface area contributed by atoms with E-state index in [1.807, 2.05) is 30.3 Å². The average Bonchev–Trinajstić information content (AvgIpc) is 2.52. The number of aromatic nitrogens is 3. The maximum Gasteiger partial charge on any atom is 0.290 e. The molecule has 6 heteroatoms. The molecule has 2 aromatic heterocycles. The SMILES string of the molecule is O=c1c(Cl)nc2ccc(Cl)nc2n1C1(c2ccccc2)CCC1. The fourth-order valence-corrected chi connectivity index (χ4v) is 3.63. The largest absolute Gasteiger partial charge is 0.290 e. The molecule has 0 N–H and O–H groups in total. The van der Waals surface area contributed by atoms with Gasteiger partial charge in [0.1, 0.15) is 10.7 Å². The summed E-state index contributed by atoms with van der Waals surface area (Å²) in [5.41, 5.74) is 1.38. The molecule has 0 amide bonds. The highest BCUT2D eigenvalue weighted by molar-refractivity contribution is 6.30. The predicted molar refractivity (Wildman–Crippen MR) is 91.2 cm³/mol. The molecule has 116 valence electrons. The smallest absolute Gasteiger partial charge is 0.278 e. The maximum atomic E-state index is 12.8. The van der Waals surface area contributed by atoms with Crippen LogP contribution in [0.5, 0.6) is 0 Å². The standard InChI is InChI=1S/C17H13Cl2N3O/c18-13-8-7-12-15(21-13)22(16(23)14(19)20-12)17(9-4-10-17)11-5-2-1-3-6-11/h1-3,5-8H,4,9-10H2. The van der Waals surface area contributed by atoms with Crippen molar-refractivity contribution in [2.75, 3.05) is 0 Å². The summed E-state index contributed by atoms with van der Waals surface area (Å²) in [6, 6.07) is 13.4. The Bertz CT molecular complexity index is 949. The second-order valence-electron chi connectivity index (χ2n) is 5.77. The lowest BCUT2D eigenvalue weighted by Crippen LogP contribution is -2.48. The fourth-order valence-electron chi connectivity index (χ4n) is 3.31. The Kier molecular flexibility index (Phi) is 3.39. The second-order valence-corrected chi connectivity index (χ2v) is 6.52. The normalized spacial score (nSPS) is 16.3. The van der Waals surface area contributed by atoms with E-state index in [-0.39, 0.29) is 10.7 Å². The number of hydrogen-bond donors (Lipinski definition) is 0. The fraction of sp³-hybridized carbons (Fsp3) is 0.235. The van der Waals surface area contributed by atoms with Crippen molar-refractivity contribution in [2.24, 2.45) is 0 Å². The molecule has 1 fully saturated rings. The second kappa shape index (κ2) is 5.32. The highest BCUT2D eigenvalue weighted by Gasteiger charge is 2.43. The van der Waals surface area contributed by atoms with Crippen molar-refractivity contribution in [1.29, 1.82) is 0 Å². The van der Waals surface area contributed by atoms with Gasteiger partial charge >= 0.3 is 0 Å². The zero-order chi connectivity index (χ0) is 16.0. The Hall–Kier alpha value is -1.91. The van der Waals surface area contributed by atoms with Crippen molar-refractivity contribution in [3.63, 3.8) is 0 Å². The molecular formula is C17H13Cl2N3O. The molecule has 1 saturated carbocycles. The van der Waals surface area contributed by atoms with Gasteiger partial charge in [-0.2, -0.15) is 0 Å². The summed E-state index contributed by atoms with van der Waals surface area (Å²) in [7, 11) is 0. The van der Waals surface area contributed by atoms with Crippen LogP contribution in [-0.4, -0.2) is 14.5 Å². The van der Waals surface area contributed by atoms with E-state index in [1.54, 1.807) is 16.7 Å². The molecule has 23 heavy (non-hydrogen) atoms. The quantitative estimate of drug-likeness (QED) is 0.659. The van der Waals surface area contributed by atoms with Gasteiger partial charge in [0.25, 0.3) is 5.56 Å². The minimum atomic E-state index is -0.430. The summed E-state index contributed by atoms with van der Waals surface area (Å²) >= 11 is 12.2. The average molecular weight is 346 g/mol. The van der Waals surface area contributed by atoms with E-state index in [4.69, 9.17) is 23.2 Å². The maximum absolute atomic E-state index is 12.8. The number of nitrogens with zero attached hydrogens (tertiary/aromatic N) is 3. The van der Waals surface area contributed by atoms with Crippen LogP contribution in [-0.2, 0) is 5.54 Å². The summed E-state index contributed by atoms with van der Waals surface area (Å²) in [4.78, 5) is 21.3. The number of rotatable bonds is 2. The van der Waals surface area contributed by atoms with Crippen molar-refractivity contribution in [3.8, 4) is 0 Å². The van der Waals surface area contributed by atoms with E-state index >= 15 is 0 Å². The van der Waals surface area contributed by atoms with Gasteiger partial charge in [-0.25, -0.2) is 9.97 Å². The molecule has 0 spiro atoms. The van der Waals surface area contributed by atoms with Crippen LogP contribution in [0.25, 0.3) is 11.2 Å². The number of pyridine rings is 1. The molecule has 0 unspecified atom stereocenters. The molecule has 2 heterocycles. The first kappa shape index (κ1) is 14.7. The predicted octanol–water partition coefficient (Wildman–Crippen LogP) is 4.03. The van der Waals surface area contributed by atoms with Gasteiger partial charge in [0.2, 0.25) is 0 Å². The lowest BCUT2D eigenvalue weighted by atomic mass is 9.71. The third-order valence-corrected chi connectivity index (χ3v) is 5.01. The van der Waals surface area contributed by atoms with Crippen LogP contribution in [0.4, 0.5) is 0 Å². The van der Waals surface area contributed by atoms with Crippen LogP contribution in [0, 0.1) is 0 Å². The monoisotopic (exact) mass is 345 g/mol. The zero-order valence-electron chi connectivity index (χ0n) is 12.2. The van der Waals surface area contributed by atoms with Crippen LogP contribution in [0.2, 0.25) is 10.3 Å². The third kappa shape index (κ3) is 2.17. The van der Waals surface area contributed by atoms with Gasteiger partial charge in [-0.15, -0.1) is 0 Å². The third-order valence-electron chi connectivity index (χ3n) is 4.55. The summed E-state index contributed by atoms with van der Waals surface area (Å²) in [5, 5.41) is 0.293. The first-order valence-electron chi connectivity index (χ1n) is 7.43. The van der Waals surface area contributed by atoms with Crippen LogP contribution < -0.4 is 5.56 Å². The molecular weight excluding hydrogens is 333 g/mol. The minimum Gasteiger partial charge on any atom is -0.278 e. The summed E-state index contributed by atoms with van der Waals surface area (Å²) < 4.78 is 1.68. The first-order chi connectivity index (χ1) is 11.1. The van der Waals surface area contributed by atoms with Gasteiger partial charge in [-0.05, 0) is 37.0 Å². The Balaban J connectivity index is 2.10. The summed E-state index contributed by atoms with van der Waals surface area (Å²) in [6.07, 6.45) is 2.77. The Morgan fingerprint density at radius 2 is 1.74 bits per heavy atom. The molecule has 1 aromatic carbocycles. The number of halogens is 2. The van der Waals surface area contributed by atoms with Crippen molar-refractivity contribution in [3.05, 3.63) is 68.7 Å². The molecule has 1 aliphatic carbocycles. The number of fused-ring (bicyclic) bond motifs is 1. The van der Waals surface area contributed by atoms with Crippen molar-refractivity contribution in [1.82, 2.24) is 14.5 Å². The van der Waals surface area contributed by atoms with Gasteiger partial charge in [-0.1, -0.05) is 53.5 Å². The Labute approximate surface area is 142 Å². The molecule has 1 aliphatic rings. The summed E-state index contributed by atoms with van der Waals surface area (Å²) in [5.74, 6) is 0.